The monoisotopic (exact) mass is 312 g/mol. The van der Waals surface area contributed by atoms with Crippen molar-refractivity contribution in [2.75, 3.05) is 19.0 Å². The zero-order chi connectivity index (χ0) is 15.7. The first kappa shape index (κ1) is 17.3. The summed E-state index contributed by atoms with van der Waals surface area (Å²) in [6.45, 7) is 2.14. The van der Waals surface area contributed by atoms with Gasteiger partial charge in [0.15, 0.2) is 0 Å². The molecule has 21 heavy (non-hydrogen) atoms. The minimum absolute atomic E-state index is 0.0270. The van der Waals surface area contributed by atoms with Crippen molar-refractivity contribution in [3.05, 3.63) is 23.2 Å². The zero-order valence-electron chi connectivity index (χ0n) is 12.4. The van der Waals surface area contributed by atoms with E-state index in [9.17, 15) is 9.59 Å². The molecule has 0 unspecified atom stereocenters. The van der Waals surface area contributed by atoms with Gasteiger partial charge < -0.3 is 15.4 Å². The van der Waals surface area contributed by atoms with E-state index < -0.39 is 0 Å². The predicted molar refractivity (Wildman–Crippen MR) is 83.8 cm³/mol. The number of nitrogens with one attached hydrogen (secondary N) is 2. The summed E-state index contributed by atoms with van der Waals surface area (Å²) in [5, 5.41) is 6.06. The molecule has 0 saturated carbocycles. The topological polar surface area (TPSA) is 67.4 Å². The third-order valence-electron chi connectivity index (χ3n) is 2.89. The van der Waals surface area contributed by atoms with Crippen molar-refractivity contribution >= 4 is 29.1 Å². The van der Waals surface area contributed by atoms with E-state index in [1.807, 2.05) is 0 Å². The molecule has 116 valence electrons. The second kappa shape index (κ2) is 9.23. The van der Waals surface area contributed by atoms with Crippen molar-refractivity contribution in [1.29, 1.82) is 0 Å². The number of unbranched alkanes of at least 4 members (excludes halogenated alkanes) is 2. The van der Waals surface area contributed by atoms with Crippen molar-refractivity contribution in [3.8, 4) is 5.75 Å². The molecule has 0 aromatic heterocycles. The lowest BCUT2D eigenvalue weighted by Gasteiger charge is -2.10. The molecule has 5 nitrogen and oxygen atoms in total. The van der Waals surface area contributed by atoms with E-state index in [4.69, 9.17) is 16.3 Å². The van der Waals surface area contributed by atoms with E-state index in [1.165, 1.54) is 6.92 Å². The van der Waals surface area contributed by atoms with Crippen LogP contribution in [-0.2, 0) is 9.59 Å². The molecule has 6 heteroatoms. The van der Waals surface area contributed by atoms with Crippen molar-refractivity contribution < 1.29 is 14.3 Å². The molecule has 1 aromatic rings. The number of ether oxygens (including phenoxy) is 1. The molecule has 1 aromatic carbocycles. The SMILES string of the molecule is COc1ccc(Cl)cc1NC(=O)CCCCCNC(C)=O. The molecule has 0 fully saturated rings. The summed E-state index contributed by atoms with van der Waals surface area (Å²) in [5.41, 5.74) is 0.577. The highest BCUT2D eigenvalue weighted by atomic mass is 35.5. The van der Waals surface area contributed by atoms with Crippen molar-refractivity contribution in [1.82, 2.24) is 5.32 Å². The maximum Gasteiger partial charge on any atom is 0.224 e. The Bertz CT molecular complexity index is 492. The van der Waals surface area contributed by atoms with E-state index in [2.05, 4.69) is 10.6 Å². The van der Waals surface area contributed by atoms with Gasteiger partial charge in [-0.25, -0.2) is 0 Å². The van der Waals surface area contributed by atoms with Gasteiger partial charge in [-0.15, -0.1) is 0 Å². The van der Waals surface area contributed by atoms with E-state index in [0.29, 0.717) is 29.4 Å². The lowest BCUT2D eigenvalue weighted by molar-refractivity contribution is -0.119. The number of rotatable bonds is 8. The van der Waals surface area contributed by atoms with Crippen LogP contribution < -0.4 is 15.4 Å². The molecular formula is C15H21ClN2O3. The number of carbonyl (C=O) groups is 2. The van der Waals surface area contributed by atoms with Crippen LogP contribution in [0.3, 0.4) is 0 Å². The zero-order valence-corrected chi connectivity index (χ0v) is 13.1. The summed E-state index contributed by atoms with van der Waals surface area (Å²) < 4.78 is 5.17. The van der Waals surface area contributed by atoms with Crippen LogP contribution >= 0.6 is 11.6 Å². The minimum Gasteiger partial charge on any atom is -0.495 e. The molecule has 0 aliphatic heterocycles. The van der Waals surface area contributed by atoms with Gasteiger partial charge in [-0.2, -0.15) is 0 Å². The number of amides is 2. The highest BCUT2D eigenvalue weighted by molar-refractivity contribution is 6.31. The lowest BCUT2D eigenvalue weighted by Crippen LogP contribution is -2.20. The molecule has 2 amide bonds. The van der Waals surface area contributed by atoms with Gasteiger partial charge >= 0.3 is 0 Å². The average Bonchev–Trinajstić information content (AvgIpc) is 2.42. The van der Waals surface area contributed by atoms with Crippen molar-refractivity contribution in [2.24, 2.45) is 0 Å². The summed E-state index contributed by atoms with van der Waals surface area (Å²) in [5.74, 6) is 0.481. The normalized spacial score (nSPS) is 10.0. The van der Waals surface area contributed by atoms with Gasteiger partial charge in [-0.1, -0.05) is 18.0 Å². The van der Waals surface area contributed by atoms with Crippen LogP contribution in [0.5, 0.6) is 5.75 Å². The standard InChI is InChI=1S/C15H21ClN2O3/c1-11(19)17-9-5-3-4-6-15(20)18-13-10-12(16)7-8-14(13)21-2/h7-8,10H,3-6,9H2,1-2H3,(H,17,19)(H,18,20). The van der Waals surface area contributed by atoms with Crippen molar-refractivity contribution in [2.45, 2.75) is 32.6 Å². The Morgan fingerprint density at radius 1 is 1.24 bits per heavy atom. The Morgan fingerprint density at radius 2 is 2.00 bits per heavy atom. The summed E-state index contributed by atoms with van der Waals surface area (Å²) in [4.78, 5) is 22.5. The highest BCUT2D eigenvalue weighted by Crippen LogP contribution is 2.27. The highest BCUT2D eigenvalue weighted by Gasteiger charge is 2.08. The molecular weight excluding hydrogens is 292 g/mol. The van der Waals surface area contributed by atoms with Gasteiger partial charge in [-0.3, -0.25) is 9.59 Å². The molecule has 0 aliphatic carbocycles. The molecule has 0 spiro atoms. The summed E-state index contributed by atoms with van der Waals surface area (Å²) >= 11 is 5.90. The first-order valence-electron chi connectivity index (χ1n) is 6.90. The summed E-state index contributed by atoms with van der Waals surface area (Å²) in [6.07, 6.45) is 2.96. The van der Waals surface area contributed by atoms with Crippen LogP contribution in [0.1, 0.15) is 32.6 Å². The van der Waals surface area contributed by atoms with Crippen LogP contribution in [0.25, 0.3) is 0 Å². The van der Waals surface area contributed by atoms with E-state index in [0.717, 1.165) is 19.3 Å². The van der Waals surface area contributed by atoms with Crippen LogP contribution in [0.4, 0.5) is 5.69 Å². The second-order valence-electron chi connectivity index (χ2n) is 4.69. The van der Waals surface area contributed by atoms with Crippen LogP contribution in [0, 0.1) is 0 Å². The van der Waals surface area contributed by atoms with E-state index in [-0.39, 0.29) is 11.8 Å². The van der Waals surface area contributed by atoms with Crippen LogP contribution in [0.15, 0.2) is 18.2 Å². The smallest absolute Gasteiger partial charge is 0.224 e. The predicted octanol–water partition coefficient (Wildman–Crippen LogP) is 2.98. The number of hydrogen-bond acceptors (Lipinski definition) is 3. The fourth-order valence-corrected chi connectivity index (χ4v) is 2.01. The third kappa shape index (κ3) is 6.99. The number of halogens is 1. The van der Waals surface area contributed by atoms with E-state index >= 15 is 0 Å². The molecule has 0 heterocycles. The number of anilines is 1. The van der Waals surface area contributed by atoms with Gasteiger partial charge in [0.25, 0.3) is 0 Å². The second-order valence-corrected chi connectivity index (χ2v) is 5.12. The summed E-state index contributed by atoms with van der Waals surface area (Å²) in [7, 11) is 1.54. The molecule has 2 N–H and O–H groups in total. The largest absolute Gasteiger partial charge is 0.495 e. The van der Waals surface area contributed by atoms with Gasteiger partial charge in [-0.05, 0) is 31.0 Å². The quantitative estimate of drug-likeness (QED) is 0.725. The fraction of sp³-hybridized carbons (Fsp3) is 0.467. The van der Waals surface area contributed by atoms with Crippen LogP contribution in [0.2, 0.25) is 5.02 Å². The van der Waals surface area contributed by atoms with Gasteiger partial charge in [0.2, 0.25) is 11.8 Å². The molecule has 0 atom stereocenters. The Hall–Kier alpha value is -1.75. The Kier molecular flexibility index (Phi) is 7.61. The van der Waals surface area contributed by atoms with Gasteiger partial charge in [0.05, 0.1) is 12.8 Å². The number of methoxy groups -OCH3 is 1. The summed E-state index contributed by atoms with van der Waals surface area (Å²) in [6, 6.07) is 5.08. The maximum absolute atomic E-state index is 11.9. The number of benzene rings is 1. The van der Waals surface area contributed by atoms with Crippen molar-refractivity contribution in [3.63, 3.8) is 0 Å². The molecule has 0 bridgehead atoms. The van der Waals surface area contributed by atoms with Crippen LogP contribution in [-0.4, -0.2) is 25.5 Å². The number of hydrogen-bond donors (Lipinski definition) is 2. The number of carbonyl (C=O) groups excluding carboxylic acids is 2. The Balaban J connectivity index is 2.31. The lowest BCUT2D eigenvalue weighted by atomic mass is 10.2. The van der Waals surface area contributed by atoms with E-state index in [1.54, 1.807) is 25.3 Å². The molecule has 0 aliphatic rings. The minimum atomic E-state index is -0.0740. The Morgan fingerprint density at radius 3 is 2.67 bits per heavy atom. The first-order valence-corrected chi connectivity index (χ1v) is 7.28. The molecule has 0 saturated heterocycles. The fourth-order valence-electron chi connectivity index (χ4n) is 1.84. The average molecular weight is 313 g/mol. The first-order chi connectivity index (χ1) is 10.0. The third-order valence-corrected chi connectivity index (χ3v) is 3.13. The molecule has 0 radical (unpaired) electrons. The molecule has 1 rings (SSSR count). The maximum atomic E-state index is 11.9. The Labute approximate surface area is 130 Å². The van der Waals surface area contributed by atoms with Gasteiger partial charge in [0.1, 0.15) is 5.75 Å². The van der Waals surface area contributed by atoms with Gasteiger partial charge in [0, 0.05) is 24.9 Å².